The molecule has 15 heavy (non-hydrogen) atoms. The van der Waals surface area contributed by atoms with E-state index in [4.69, 9.17) is 0 Å². The van der Waals surface area contributed by atoms with Crippen molar-refractivity contribution < 1.29 is 14.6 Å². The molecule has 0 atom stereocenters. The fourth-order valence-electron chi connectivity index (χ4n) is 1.61. The van der Waals surface area contributed by atoms with Crippen molar-refractivity contribution in [2.75, 3.05) is 20.2 Å². The van der Waals surface area contributed by atoms with Gasteiger partial charge < -0.3 is 15.2 Å². The number of phenols is 1. The summed E-state index contributed by atoms with van der Waals surface area (Å²) in [7, 11) is 1.30. The first kappa shape index (κ1) is 9.98. The Labute approximate surface area is 87.9 Å². The lowest BCUT2D eigenvalue weighted by Gasteiger charge is -2.27. The van der Waals surface area contributed by atoms with Crippen LogP contribution >= 0.6 is 0 Å². The SMILES string of the molecule is COC(=O)c1cc(C2CNC2)ccc1O. The van der Waals surface area contributed by atoms with Crippen LogP contribution in [0.5, 0.6) is 5.75 Å². The summed E-state index contributed by atoms with van der Waals surface area (Å²) in [6.45, 7) is 1.84. The largest absolute Gasteiger partial charge is 0.507 e. The molecule has 80 valence electrons. The number of esters is 1. The highest BCUT2D eigenvalue weighted by atomic mass is 16.5. The van der Waals surface area contributed by atoms with Crippen molar-refractivity contribution in [3.63, 3.8) is 0 Å². The lowest BCUT2D eigenvalue weighted by atomic mass is 9.92. The second-order valence-electron chi connectivity index (χ2n) is 3.62. The van der Waals surface area contributed by atoms with Gasteiger partial charge in [-0.25, -0.2) is 4.79 Å². The molecule has 1 saturated heterocycles. The molecular weight excluding hydrogens is 194 g/mol. The van der Waals surface area contributed by atoms with Crippen LogP contribution in [-0.4, -0.2) is 31.3 Å². The molecule has 0 bridgehead atoms. The molecule has 1 aromatic rings. The van der Waals surface area contributed by atoms with E-state index in [1.807, 2.05) is 6.07 Å². The molecular formula is C11H13NO3. The van der Waals surface area contributed by atoms with Crippen LogP contribution in [-0.2, 0) is 4.74 Å². The Morgan fingerprint density at radius 3 is 2.80 bits per heavy atom. The van der Waals surface area contributed by atoms with Crippen molar-refractivity contribution in [3.8, 4) is 5.75 Å². The van der Waals surface area contributed by atoms with Gasteiger partial charge in [0.1, 0.15) is 11.3 Å². The van der Waals surface area contributed by atoms with Crippen LogP contribution in [0.1, 0.15) is 21.8 Å². The highest BCUT2D eigenvalue weighted by Crippen LogP contribution is 2.26. The minimum absolute atomic E-state index is 0.0297. The monoisotopic (exact) mass is 207 g/mol. The van der Waals surface area contributed by atoms with Crippen molar-refractivity contribution in [2.24, 2.45) is 0 Å². The summed E-state index contributed by atoms with van der Waals surface area (Å²) >= 11 is 0. The first-order valence-electron chi connectivity index (χ1n) is 4.84. The van der Waals surface area contributed by atoms with E-state index in [0.29, 0.717) is 5.92 Å². The van der Waals surface area contributed by atoms with Gasteiger partial charge in [0.05, 0.1) is 7.11 Å². The Morgan fingerprint density at radius 1 is 1.53 bits per heavy atom. The maximum atomic E-state index is 11.3. The smallest absolute Gasteiger partial charge is 0.341 e. The van der Waals surface area contributed by atoms with Gasteiger partial charge in [-0.2, -0.15) is 0 Å². The molecule has 1 aliphatic rings. The second kappa shape index (κ2) is 3.90. The van der Waals surface area contributed by atoms with E-state index in [-0.39, 0.29) is 11.3 Å². The lowest BCUT2D eigenvalue weighted by molar-refractivity contribution is 0.0597. The van der Waals surface area contributed by atoms with Crippen molar-refractivity contribution in [3.05, 3.63) is 29.3 Å². The summed E-state index contributed by atoms with van der Waals surface area (Å²) in [5.41, 5.74) is 1.30. The molecule has 4 nitrogen and oxygen atoms in total. The molecule has 2 rings (SSSR count). The number of hydrogen-bond donors (Lipinski definition) is 2. The number of phenolic OH excluding ortho intramolecular Hbond substituents is 1. The average Bonchev–Trinajstić information content (AvgIpc) is 2.17. The van der Waals surface area contributed by atoms with Crippen LogP contribution in [0.4, 0.5) is 0 Å². The Morgan fingerprint density at radius 2 is 2.27 bits per heavy atom. The zero-order valence-electron chi connectivity index (χ0n) is 8.49. The third-order valence-electron chi connectivity index (χ3n) is 2.68. The van der Waals surface area contributed by atoms with Gasteiger partial charge >= 0.3 is 5.97 Å². The second-order valence-corrected chi connectivity index (χ2v) is 3.62. The van der Waals surface area contributed by atoms with Crippen LogP contribution < -0.4 is 5.32 Å². The average molecular weight is 207 g/mol. The summed E-state index contributed by atoms with van der Waals surface area (Å²) in [5, 5.41) is 12.7. The van der Waals surface area contributed by atoms with Gasteiger partial charge in [0.2, 0.25) is 0 Å². The first-order chi connectivity index (χ1) is 7.22. The summed E-state index contributed by atoms with van der Waals surface area (Å²) in [6.07, 6.45) is 0. The Bertz CT molecular complexity index is 385. The third kappa shape index (κ3) is 1.80. The highest BCUT2D eigenvalue weighted by molar-refractivity contribution is 5.92. The van der Waals surface area contributed by atoms with Crippen LogP contribution in [0.15, 0.2) is 18.2 Å². The molecule has 2 N–H and O–H groups in total. The zero-order valence-corrected chi connectivity index (χ0v) is 8.49. The van der Waals surface area contributed by atoms with Crippen LogP contribution in [0.2, 0.25) is 0 Å². The molecule has 1 fully saturated rings. The van der Waals surface area contributed by atoms with E-state index in [2.05, 4.69) is 10.1 Å². The molecule has 4 heteroatoms. The van der Waals surface area contributed by atoms with E-state index in [0.717, 1.165) is 18.7 Å². The normalized spacial score (nSPS) is 15.8. The molecule has 0 unspecified atom stereocenters. The van der Waals surface area contributed by atoms with E-state index >= 15 is 0 Å². The molecule has 0 radical (unpaired) electrons. The highest BCUT2D eigenvalue weighted by Gasteiger charge is 2.21. The molecule has 1 aliphatic heterocycles. The maximum absolute atomic E-state index is 11.3. The molecule has 0 aromatic heterocycles. The number of ether oxygens (including phenoxy) is 1. The number of rotatable bonds is 2. The fourth-order valence-corrected chi connectivity index (χ4v) is 1.61. The predicted molar refractivity (Wildman–Crippen MR) is 55.1 cm³/mol. The quantitative estimate of drug-likeness (QED) is 0.706. The van der Waals surface area contributed by atoms with Gasteiger partial charge in [-0.1, -0.05) is 6.07 Å². The molecule has 0 amide bonds. The number of nitrogens with one attached hydrogen (secondary N) is 1. The van der Waals surface area contributed by atoms with Crippen LogP contribution in [0.3, 0.4) is 0 Å². The Balaban J connectivity index is 2.31. The van der Waals surface area contributed by atoms with Gasteiger partial charge in [0.15, 0.2) is 0 Å². The molecule has 1 aromatic carbocycles. The summed E-state index contributed by atoms with van der Waals surface area (Å²) < 4.78 is 4.59. The standard InChI is InChI=1S/C11H13NO3/c1-15-11(14)9-4-7(2-3-10(9)13)8-5-12-6-8/h2-4,8,12-13H,5-6H2,1H3. The van der Waals surface area contributed by atoms with Gasteiger partial charge in [0, 0.05) is 19.0 Å². The van der Waals surface area contributed by atoms with Gasteiger partial charge in [-0.15, -0.1) is 0 Å². The van der Waals surface area contributed by atoms with Crippen molar-refractivity contribution in [1.82, 2.24) is 5.32 Å². The number of benzene rings is 1. The minimum Gasteiger partial charge on any atom is -0.507 e. The van der Waals surface area contributed by atoms with E-state index in [9.17, 15) is 9.90 Å². The number of aromatic hydroxyl groups is 1. The zero-order chi connectivity index (χ0) is 10.8. The van der Waals surface area contributed by atoms with Gasteiger partial charge in [-0.05, 0) is 17.7 Å². The predicted octanol–water partition coefficient (Wildman–Crippen LogP) is 0.866. The van der Waals surface area contributed by atoms with Crippen molar-refractivity contribution >= 4 is 5.97 Å². The number of hydrogen-bond acceptors (Lipinski definition) is 4. The van der Waals surface area contributed by atoms with E-state index < -0.39 is 5.97 Å². The topological polar surface area (TPSA) is 58.6 Å². The number of carbonyl (C=O) groups excluding carboxylic acids is 1. The molecule has 0 aliphatic carbocycles. The van der Waals surface area contributed by atoms with E-state index in [1.54, 1.807) is 12.1 Å². The van der Waals surface area contributed by atoms with E-state index in [1.165, 1.54) is 7.11 Å². The minimum atomic E-state index is -0.498. The molecule has 0 saturated carbocycles. The van der Waals surface area contributed by atoms with Crippen molar-refractivity contribution in [1.29, 1.82) is 0 Å². The van der Waals surface area contributed by atoms with Gasteiger partial charge in [-0.3, -0.25) is 0 Å². The Kier molecular flexibility index (Phi) is 2.60. The van der Waals surface area contributed by atoms with Crippen LogP contribution in [0, 0.1) is 0 Å². The molecule has 0 spiro atoms. The molecule has 1 heterocycles. The third-order valence-corrected chi connectivity index (χ3v) is 2.68. The van der Waals surface area contributed by atoms with Crippen LogP contribution in [0.25, 0.3) is 0 Å². The fraction of sp³-hybridized carbons (Fsp3) is 0.364. The summed E-state index contributed by atoms with van der Waals surface area (Å²) in [4.78, 5) is 11.3. The lowest BCUT2D eigenvalue weighted by Crippen LogP contribution is -2.39. The maximum Gasteiger partial charge on any atom is 0.341 e. The Hall–Kier alpha value is -1.55. The number of carbonyl (C=O) groups is 1. The summed E-state index contributed by atoms with van der Waals surface area (Å²) in [6, 6.07) is 5.08. The first-order valence-corrected chi connectivity index (χ1v) is 4.84. The van der Waals surface area contributed by atoms with Crippen molar-refractivity contribution in [2.45, 2.75) is 5.92 Å². The summed E-state index contributed by atoms with van der Waals surface area (Å²) in [5.74, 6) is -0.0893. The number of methoxy groups -OCH3 is 1. The van der Waals surface area contributed by atoms with Gasteiger partial charge in [0.25, 0.3) is 0 Å².